The number of hydrogen-bond acceptors (Lipinski definition) is 4. The number of furan rings is 1. The van der Waals surface area contributed by atoms with Gasteiger partial charge in [-0.2, -0.15) is 0 Å². The summed E-state index contributed by atoms with van der Waals surface area (Å²) >= 11 is 0. The first kappa shape index (κ1) is 8.07. The Labute approximate surface area is 75.5 Å². The Balaban J connectivity index is 2.26. The number of nitrogens with one attached hydrogen (secondary N) is 1. The lowest BCUT2D eigenvalue weighted by Crippen LogP contribution is -2.01. The molecule has 0 amide bonds. The molecule has 2 aromatic heterocycles. The van der Waals surface area contributed by atoms with Crippen molar-refractivity contribution in [1.29, 1.82) is 0 Å². The minimum absolute atomic E-state index is 0.595. The first-order chi connectivity index (χ1) is 6.40. The number of rotatable bonds is 3. The summed E-state index contributed by atoms with van der Waals surface area (Å²) in [5.74, 6) is 0.657. The molecule has 0 saturated carbocycles. The molecule has 0 fully saturated rings. The van der Waals surface area contributed by atoms with Crippen molar-refractivity contribution < 1.29 is 9.25 Å². The summed E-state index contributed by atoms with van der Waals surface area (Å²) < 4.78 is 5.20. The summed E-state index contributed by atoms with van der Waals surface area (Å²) in [6, 6.07) is 3.66. The van der Waals surface area contributed by atoms with Crippen LogP contribution in [0.15, 0.2) is 29.0 Å². The fourth-order valence-electron chi connectivity index (χ4n) is 1.06. The van der Waals surface area contributed by atoms with E-state index in [1.807, 2.05) is 13.0 Å². The Morgan fingerprint density at radius 3 is 3.38 bits per heavy atom. The number of nitrogens with zero attached hydrogens (tertiary/aromatic N) is 1. The standard InChI is InChI=1S/C9H10N2O2/c1-2-13-11-9-5-8-7(6-10-9)3-4-12-8/h3-6H,2H2,1H3,(H,10,11). The minimum atomic E-state index is 0.595. The zero-order valence-electron chi connectivity index (χ0n) is 7.28. The van der Waals surface area contributed by atoms with Gasteiger partial charge in [0.2, 0.25) is 0 Å². The van der Waals surface area contributed by atoms with Crippen LogP contribution in [0.4, 0.5) is 5.82 Å². The van der Waals surface area contributed by atoms with Gasteiger partial charge in [-0.1, -0.05) is 0 Å². The zero-order chi connectivity index (χ0) is 9.10. The molecule has 4 heteroatoms. The fourth-order valence-corrected chi connectivity index (χ4v) is 1.06. The molecule has 0 aromatic carbocycles. The lowest BCUT2D eigenvalue weighted by molar-refractivity contribution is 0.209. The summed E-state index contributed by atoms with van der Waals surface area (Å²) in [4.78, 5) is 9.11. The largest absolute Gasteiger partial charge is 0.464 e. The van der Waals surface area contributed by atoms with Crippen LogP contribution in [0.3, 0.4) is 0 Å². The second-order valence-corrected chi connectivity index (χ2v) is 2.56. The molecule has 2 aromatic rings. The van der Waals surface area contributed by atoms with Crippen LogP contribution >= 0.6 is 0 Å². The van der Waals surface area contributed by atoms with Gasteiger partial charge in [-0.05, 0) is 13.0 Å². The molecule has 0 spiro atoms. The van der Waals surface area contributed by atoms with Crippen LogP contribution in [0.1, 0.15) is 6.92 Å². The normalized spacial score (nSPS) is 10.5. The lowest BCUT2D eigenvalue weighted by atomic mass is 10.3. The van der Waals surface area contributed by atoms with E-state index in [-0.39, 0.29) is 0 Å². The van der Waals surface area contributed by atoms with Crippen molar-refractivity contribution in [3.8, 4) is 0 Å². The SMILES string of the molecule is CCONc1cc2occc2cn1. The molecule has 0 bridgehead atoms. The second kappa shape index (κ2) is 3.45. The molecule has 13 heavy (non-hydrogen) atoms. The van der Waals surface area contributed by atoms with Gasteiger partial charge in [0.05, 0.1) is 12.9 Å². The highest BCUT2D eigenvalue weighted by molar-refractivity contribution is 5.78. The van der Waals surface area contributed by atoms with Gasteiger partial charge in [0.1, 0.15) is 5.58 Å². The third-order valence-corrected chi connectivity index (χ3v) is 1.66. The summed E-state index contributed by atoms with van der Waals surface area (Å²) in [6.07, 6.45) is 3.37. The summed E-state index contributed by atoms with van der Waals surface area (Å²) in [5, 5.41) is 0.988. The quantitative estimate of drug-likeness (QED) is 0.732. The van der Waals surface area contributed by atoms with Crippen LogP contribution in [0.5, 0.6) is 0 Å². The van der Waals surface area contributed by atoms with Crippen LogP contribution in [0.2, 0.25) is 0 Å². The van der Waals surface area contributed by atoms with E-state index < -0.39 is 0 Å². The second-order valence-electron chi connectivity index (χ2n) is 2.56. The number of pyridine rings is 1. The van der Waals surface area contributed by atoms with Crippen molar-refractivity contribution in [2.45, 2.75) is 6.92 Å². The van der Waals surface area contributed by atoms with Crippen LogP contribution in [0, 0.1) is 0 Å². The third kappa shape index (κ3) is 1.62. The fraction of sp³-hybridized carbons (Fsp3) is 0.222. The first-order valence-electron chi connectivity index (χ1n) is 4.11. The lowest BCUT2D eigenvalue weighted by Gasteiger charge is -2.02. The molecular weight excluding hydrogens is 168 g/mol. The monoisotopic (exact) mass is 178 g/mol. The Hall–Kier alpha value is -1.55. The molecular formula is C9H10N2O2. The Morgan fingerprint density at radius 2 is 2.54 bits per heavy atom. The van der Waals surface area contributed by atoms with E-state index in [0.717, 1.165) is 11.0 Å². The predicted molar refractivity (Wildman–Crippen MR) is 49.3 cm³/mol. The van der Waals surface area contributed by atoms with Gasteiger partial charge in [-0.15, -0.1) is 0 Å². The van der Waals surface area contributed by atoms with E-state index in [1.54, 1.807) is 18.5 Å². The molecule has 0 aliphatic carbocycles. The van der Waals surface area contributed by atoms with Gasteiger partial charge in [0, 0.05) is 17.6 Å². The molecule has 0 radical (unpaired) electrons. The number of anilines is 1. The summed E-state index contributed by atoms with van der Waals surface area (Å²) in [5.41, 5.74) is 3.51. The van der Waals surface area contributed by atoms with Crippen LogP contribution in [-0.2, 0) is 4.84 Å². The van der Waals surface area contributed by atoms with Crippen molar-refractivity contribution in [1.82, 2.24) is 4.98 Å². The van der Waals surface area contributed by atoms with E-state index in [9.17, 15) is 0 Å². The predicted octanol–water partition coefficient (Wildman–Crippen LogP) is 2.19. The molecule has 0 saturated heterocycles. The van der Waals surface area contributed by atoms with Gasteiger partial charge in [-0.25, -0.2) is 10.5 Å². The van der Waals surface area contributed by atoms with Crippen molar-refractivity contribution in [2.24, 2.45) is 0 Å². The van der Waals surface area contributed by atoms with Crippen molar-refractivity contribution in [3.05, 3.63) is 24.6 Å². The van der Waals surface area contributed by atoms with Crippen LogP contribution < -0.4 is 5.48 Å². The highest BCUT2D eigenvalue weighted by atomic mass is 16.6. The summed E-state index contributed by atoms with van der Waals surface area (Å²) in [7, 11) is 0. The molecule has 2 heterocycles. The number of aromatic nitrogens is 1. The highest BCUT2D eigenvalue weighted by Crippen LogP contribution is 2.16. The number of fused-ring (bicyclic) bond motifs is 1. The Morgan fingerprint density at radius 1 is 1.62 bits per heavy atom. The molecule has 4 nitrogen and oxygen atoms in total. The van der Waals surface area contributed by atoms with E-state index in [1.165, 1.54) is 0 Å². The van der Waals surface area contributed by atoms with E-state index in [2.05, 4.69) is 10.5 Å². The number of hydrogen-bond donors (Lipinski definition) is 1. The first-order valence-corrected chi connectivity index (χ1v) is 4.11. The molecule has 0 aliphatic heterocycles. The van der Waals surface area contributed by atoms with E-state index >= 15 is 0 Å². The van der Waals surface area contributed by atoms with Crippen LogP contribution in [0.25, 0.3) is 11.0 Å². The van der Waals surface area contributed by atoms with E-state index in [0.29, 0.717) is 12.4 Å². The summed E-state index contributed by atoms with van der Waals surface area (Å²) in [6.45, 7) is 2.50. The van der Waals surface area contributed by atoms with Crippen molar-refractivity contribution in [3.63, 3.8) is 0 Å². The maximum Gasteiger partial charge on any atom is 0.153 e. The average molecular weight is 178 g/mol. The molecule has 0 atom stereocenters. The molecule has 0 aliphatic rings. The smallest absolute Gasteiger partial charge is 0.153 e. The Bertz CT molecular complexity index is 397. The van der Waals surface area contributed by atoms with Crippen molar-refractivity contribution in [2.75, 3.05) is 12.1 Å². The topological polar surface area (TPSA) is 47.3 Å². The van der Waals surface area contributed by atoms with Crippen LogP contribution in [-0.4, -0.2) is 11.6 Å². The maximum absolute atomic E-state index is 5.20. The van der Waals surface area contributed by atoms with Crippen molar-refractivity contribution >= 4 is 16.8 Å². The van der Waals surface area contributed by atoms with Gasteiger partial charge in [0.25, 0.3) is 0 Å². The van der Waals surface area contributed by atoms with Gasteiger partial charge >= 0.3 is 0 Å². The van der Waals surface area contributed by atoms with Gasteiger partial charge in [0.15, 0.2) is 5.82 Å². The maximum atomic E-state index is 5.20. The molecule has 2 rings (SSSR count). The van der Waals surface area contributed by atoms with Gasteiger partial charge < -0.3 is 4.42 Å². The molecule has 0 unspecified atom stereocenters. The Kier molecular flexibility index (Phi) is 2.14. The average Bonchev–Trinajstić information content (AvgIpc) is 2.61. The van der Waals surface area contributed by atoms with E-state index in [4.69, 9.17) is 9.25 Å². The molecule has 68 valence electrons. The zero-order valence-corrected chi connectivity index (χ0v) is 7.28. The highest BCUT2D eigenvalue weighted by Gasteiger charge is 1.98. The van der Waals surface area contributed by atoms with Gasteiger partial charge in [-0.3, -0.25) is 4.84 Å². The third-order valence-electron chi connectivity index (χ3n) is 1.66. The molecule has 1 N–H and O–H groups in total. The minimum Gasteiger partial charge on any atom is -0.464 e.